The van der Waals surface area contributed by atoms with Gasteiger partial charge in [0.1, 0.15) is 0 Å². The second kappa shape index (κ2) is 7.96. The maximum absolute atomic E-state index is 3.11. The molecule has 0 amide bonds. The minimum atomic E-state index is 0.486. The van der Waals surface area contributed by atoms with E-state index in [1.807, 2.05) is 19.4 Å². The van der Waals surface area contributed by atoms with Gasteiger partial charge in [-0.05, 0) is 6.92 Å². The van der Waals surface area contributed by atoms with Gasteiger partial charge >= 0.3 is 0 Å². The molecule has 0 spiro atoms. The van der Waals surface area contributed by atoms with Crippen molar-refractivity contribution >= 4 is 0 Å². The molecule has 2 nitrogen and oxygen atoms in total. The largest absolute Gasteiger partial charge is 0.370 e. The number of rotatable bonds is 3. The van der Waals surface area contributed by atoms with Crippen molar-refractivity contribution in [3.63, 3.8) is 0 Å². The van der Waals surface area contributed by atoms with Crippen LogP contribution in [0.1, 0.15) is 46.5 Å². The van der Waals surface area contributed by atoms with Gasteiger partial charge in [-0.25, -0.2) is 0 Å². The van der Waals surface area contributed by atoms with E-state index in [2.05, 4.69) is 31.0 Å². The number of hydrogen-bond donors (Lipinski definition) is 1. The van der Waals surface area contributed by atoms with E-state index in [0.29, 0.717) is 6.17 Å². The molecule has 1 rings (SSSR count). The first-order chi connectivity index (χ1) is 6.22. The fourth-order valence-electron chi connectivity index (χ4n) is 1.05. The lowest BCUT2D eigenvalue weighted by molar-refractivity contribution is 0.356. The molecule has 1 heterocycles. The third-order valence-electron chi connectivity index (χ3n) is 2.22. The lowest BCUT2D eigenvalue weighted by Gasteiger charge is -2.14. The second-order valence-electron chi connectivity index (χ2n) is 3.53. The Bertz CT molecular complexity index is 128. The average Bonchev–Trinajstić information content (AvgIpc) is 2.49. The summed E-state index contributed by atoms with van der Waals surface area (Å²) in [5, 5.41) is 3.11. The van der Waals surface area contributed by atoms with Gasteiger partial charge in [-0.1, -0.05) is 39.5 Å². The van der Waals surface area contributed by atoms with E-state index in [-0.39, 0.29) is 0 Å². The van der Waals surface area contributed by atoms with Crippen molar-refractivity contribution in [2.75, 3.05) is 7.05 Å². The van der Waals surface area contributed by atoms with E-state index in [9.17, 15) is 0 Å². The third kappa shape index (κ3) is 6.50. The van der Waals surface area contributed by atoms with Crippen LogP contribution in [0.2, 0.25) is 0 Å². The van der Waals surface area contributed by atoms with Gasteiger partial charge in [0.25, 0.3) is 0 Å². The smallest absolute Gasteiger partial charge is 0.0949 e. The maximum atomic E-state index is 3.11. The Morgan fingerprint density at radius 2 is 1.77 bits per heavy atom. The minimum Gasteiger partial charge on any atom is -0.370 e. The zero-order valence-electron chi connectivity index (χ0n) is 9.51. The van der Waals surface area contributed by atoms with Gasteiger partial charge in [0, 0.05) is 19.4 Å². The molecular weight excluding hydrogens is 160 g/mol. The number of unbranched alkanes of at least 4 members (excludes halogenated alkanes) is 3. The van der Waals surface area contributed by atoms with Crippen LogP contribution in [0, 0.1) is 0 Å². The van der Waals surface area contributed by atoms with Crippen LogP contribution in [0.4, 0.5) is 0 Å². The van der Waals surface area contributed by atoms with Crippen LogP contribution in [0.25, 0.3) is 0 Å². The highest BCUT2D eigenvalue weighted by molar-refractivity contribution is 4.89. The fourth-order valence-corrected chi connectivity index (χ4v) is 1.05. The zero-order chi connectivity index (χ0) is 10.1. The molecule has 78 valence electrons. The van der Waals surface area contributed by atoms with Crippen LogP contribution < -0.4 is 5.32 Å². The average molecular weight is 184 g/mol. The van der Waals surface area contributed by atoms with Crippen molar-refractivity contribution in [3.05, 3.63) is 12.4 Å². The molecule has 1 aliphatic rings. The Hall–Kier alpha value is -0.660. The first kappa shape index (κ1) is 12.3. The molecular formula is C11H24N2. The van der Waals surface area contributed by atoms with E-state index in [0.717, 1.165) is 0 Å². The van der Waals surface area contributed by atoms with E-state index < -0.39 is 0 Å². The van der Waals surface area contributed by atoms with Crippen LogP contribution in [0.15, 0.2) is 12.4 Å². The SMILES string of the molecule is CC1NC=CN1C.CCCCCC. The lowest BCUT2D eigenvalue weighted by atomic mass is 10.2. The Labute approximate surface area is 83.0 Å². The molecule has 1 aliphatic heterocycles. The minimum absolute atomic E-state index is 0.486. The van der Waals surface area contributed by atoms with Crippen molar-refractivity contribution in [1.82, 2.24) is 10.2 Å². The van der Waals surface area contributed by atoms with Crippen molar-refractivity contribution in [1.29, 1.82) is 0 Å². The molecule has 0 aromatic heterocycles. The van der Waals surface area contributed by atoms with Crippen LogP contribution in [-0.2, 0) is 0 Å². The highest BCUT2D eigenvalue weighted by atomic mass is 15.3. The first-order valence-electron chi connectivity index (χ1n) is 5.37. The molecule has 13 heavy (non-hydrogen) atoms. The highest BCUT2D eigenvalue weighted by Crippen LogP contribution is 1.97. The quantitative estimate of drug-likeness (QED) is 0.678. The summed E-state index contributed by atoms with van der Waals surface area (Å²) in [4.78, 5) is 2.11. The van der Waals surface area contributed by atoms with E-state index in [1.54, 1.807) is 0 Å². The van der Waals surface area contributed by atoms with Crippen molar-refractivity contribution < 1.29 is 0 Å². The molecule has 0 fully saturated rings. The summed E-state index contributed by atoms with van der Waals surface area (Å²) >= 11 is 0. The van der Waals surface area contributed by atoms with Crippen LogP contribution in [-0.4, -0.2) is 18.1 Å². The summed E-state index contributed by atoms with van der Waals surface area (Å²) in [7, 11) is 2.04. The predicted molar refractivity (Wildman–Crippen MR) is 59.3 cm³/mol. The van der Waals surface area contributed by atoms with Gasteiger partial charge in [-0.2, -0.15) is 0 Å². The lowest BCUT2D eigenvalue weighted by Crippen LogP contribution is -2.28. The van der Waals surface area contributed by atoms with E-state index in [1.165, 1.54) is 25.7 Å². The molecule has 0 saturated heterocycles. The van der Waals surface area contributed by atoms with Crippen LogP contribution in [0.3, 0.4) is 0 Å². The summed E-state index contributed by atoms with van der Waals surface area (Å²) < 4.78 is 0. The van der Waals surface area contributed by atoms with Gasteiger partial charge in [0.15, 0.2) is 0 Å². The molecule has 2 heteroatoms. The first-order valence-corrected chi connectivity index (χ1v) is 5.37. The zero-order valence-corrected chi connectivity index (χ0v) is 9.51. The standard InChI is InChI=1S/C6H14.C5H10N2/c1-3-5-6-4-2;1-5-6-3-4-7(5)2/h3-6H2,1-2H3;3-6H,1-2H3. The van der Waals surface area contributed by atoms with Crippen molar-refractivity contribution in [2.24, 2.45) is 0 Å². The fraction of sp³-hybridized carbons (Fsp3) is 0.818. The monoisotopic (exact) mass is 184 g/mol. The molecule has 0 aliphatic carbocycles. The Balaban J connectivity index is 0.000000226. The summed E-state index contributed by atoms with van der Waals surface area (Å²) in [6.07, 6.45) is 9.99. The summed E-state index contributed by atoms with van der Waals surface area (Å²) in [6, 6.07) is 0. The predicted octanol–water partition coefficient (Wildman–Crippen LogP) is 2.93. The maximum Gasteiger partial charge on any atom is 0.0949 e. The van der Waals surface area contributed by atoms with Gasteiger partial charge in [-0.15, -0.1) is 0 Å². The normalized spacial score (nSPS) is 19.4. The molecule has 1 atom stereocenters. The third-order valence-corrected chi connectivity index (χ3v) is 2.22. The molecule has 1 N–H and O–H groups in total. The van der Waals surface area contributed by atoms with E-state index >= 15 is 0 Å². The summed E-state index contributed by atoms with van der Waals surface area (Å²) in [5.74, 6) is 0. The van der Waals surface area contributed by atoms with Gasteiger partial charge in [0.05, 0.1) is 6.17 Å². The molecule has 1 unspecified atom stereocenters. The molecule has 0 bridgehead atoms. The molecule has 0 saturated carbocycles. The number of nitrogens with zero attached hydrogens (tertiary/aromatic N) is 1. The van der Waals surface area contributed by atoms with Gasteiger partial charge in [0.2, 0.25) is 0 Å². The topological polar surface area (TPSA) is 15.3 Å². The molecule has 0 aromatic rings. The van der Waals surface area contributed by atoms with Crippen molar-refractivity contribution in [3.8, 4) is 0 Å². The Kier molecular flexibility index (Phi) is 7.56. The van der Waals surface area contributed by atoms with Crippen LogP contribution in [0.5, 0.6) is 0 Å². The number of hydrogen-bond acceptors (Lipinski definition) is 2. The summed E-state index contributed by atoms with van der Waals surface area (Å²) in [5.41, 5.74) is 0. The van der Waals surface area contributed by atoms with Crippen LogP contribution >= 0.6 is 0 Å². The van der Waals surface area contributed by atoms with E-state index in [4.69, 9.17) is 0 Å². The second-order valence-corrected chi connectivity index (χ2v) is 3.53. The Morgan fingerprint density at radius 3 is 1.92 bits per heavy atom. The highest BCUT2D eigenvalue weighted by Gasteiger charge is 2.04. The molecule has 0 radical (unpaired) electrons. The van der Waals surface area contributed by atoms with Gasteiger partial charge in [-0.3, -0.25) is 0 Å². The molecule has 0 aromatic carbocycles. The summed E-state index contributed by atoms with van der Waals surface area (Å²) in [6.45, 7) is 6.57. The van der Waals surface area contributed by atoms with Crippen molar-refractivity contribution in [2.45, 2.75) is 52.6 Å². The Morgan fingerprint density at radius 1 is 1.23 bits per heavy atom. The number of nitrogens with one attached hydrogen (secondary N) is 1. The van der Waals surface area contributed by atoms with Gasteiger partial charge < -0.3 is 10.2 Å².